The van der Waals surface area contributed by atoms with Crippen LogP contribution in [0.15, 0.2) is 12.7 Å². The van der Waals surface area contributed by atoms with Crippen LogP contribution in [0.25, 0.3) is 0 Å². The number of amides is 1. The lowest BCUT2D eigenvalue weighted by Gasteiger charge is -2.43. The number of ether oxygens (including phenoxy) is 1. The van der Waals surface area contributed by atoms with Crippen molar-refractivity contribution in [3.8, 4) is 0 Å². The number of morpholine rings is 1. The van der Waals surface area contributed by atoms with Crippen LogP contribution in [0.5, 0.6) is 0 Å². The molecule has 1 aliphatic heterocycles. The molecule has 0 N–H and O–H groups in total. The number of hydrogen-bond donors (Lipinski definition) is 0. The zero-order valence-corrected chi connectivity index (χ0v) is 8.38. The van der Waals surface area contributed by atoms with Gasteiger partial charge in [0.1, 0.15) is 0 Å². The second kappa shape index (κ2) is 3.92. The Morgan fingerprint density at radius 3 is 3.00 bits per heavy atom. The smallest absolute Gasteiger partial charge is 0.246 e. The Bertz CT molecular complexity index is 215. The van der Waals surface area contributed by atoms with Crippen molar-refractivity contribution in [1.82, 2.24) is 4.90 Å². The standard InChI is InChI=1S/C10H17NO2/c1-4-9(12)11-6-7-13-8-10(11,3)5-2/h4H,1,5-8H2,2-3H3. The summed E-state index contributed by atoms with van der Waals surface area (Å²) in [6, 6.07) is 0. The fraction of sp³-hybridized carbons (Fsp3) is 0.700. The van der Waals surface area contributed by atoms with Crippen molar-refractivity contribution < 1.29 is 9.53 Å². The minimum absolute atomic E-state index is 0.00708. The van der Waals surface area contributed by atoms with Gasteiger partial charge in [-0.15, -0.1) is 0 Å². The quantitative estimate of drug-likeness (QED) is 0.602. The van der Waals surface area contributed by atoms with Gasteiger partial charge in [-0.1, -0.05) is 13.5 Å². The molecule has 3 nitrogen and oxygen atoms in total. The van der Waals surface area contributed by atoms with Gasteiger partial charge in [-0.2, -0.15) is 0 Å². The molecule has 0 saturated carbocycles. The van der Waals surface area contributed by atoms with Gasteiger partial charge in [0.05, 0.1) is 18.8 Å². The Morgan fingerprint density at radius 2 is 2.46 bits per heavy atom. The molecule has 0 aromatic carbocycles. The second-order valence-corrected chi connectivity index (χ2v) is 3.60. The molecule has 74 valence electrons. The number of hydrogen-bond acceptors (Lipinski definition) is 2. The van der Waals surface area contributed by atoms with Crippen molar-refractivity contribution in [2.24, 2.45) is 0 Å². The highest BCUT2D eigenvalue weighted by molar-refractivity contribution is 5.87. The van der Waals surface area contributed by atoms with Gasteiger partial charge in [0.15, 0.2) is 0 Å². The van der Waals surface area contributed by atoms with Crippen molar-refractivity contribution in [3.63, 3.8) is 0 Å². The molecule has 1 unspecified atom stereocenters. The van der Waals surface area contributed by atoms with Crippen LogP contribution >= 0.6 is 0 Å². The summed E-state index contributed by atoms with van der Waals surface area (Å²) in [5.74, 6) is 0.00708. The first-order chi connectivity index (χ1) is 6.14. The monoisotopic (exact) mass is 183 g/mol. The molecule has 1 heterocycles. The van der Waals surface area contributed by atoms with Gasteiger partial charge in [0, 0.05) is 6.54 Å². The maximum Gasteiger partial charge on any atom is 0.246 e. The fourth-order valence-corrected chi connectivity index (χ4v) is 1.58. The first-order valence-corrected chi connectivity index (χ1v) is 4.66. The van der Waals surface area contributed by atoms with Gasteiger partial charge in [-0.3, -0.25) is 4.79 Å². The topological polar surface area (TPSA) is 29.5 Å². The molecule has 0 spiro atoms. The van der Waals surface area contributed by atoms with Gasteiger partial charge < -0.3 is 9.64 Å². The Labute approximate surface area is 79.4 Å². The molecule has 1 atom stereocenters. The lowest BCUT2D eigenvalue weighted by Crippen LogP contribution is -2.56. The summed E-state index contributed by atoms with van der Waals surface area (Å²) < 4.78 is 5.37. The van der Waals surface area contributed by atoms with Crippen LogP contribution in [0.1, 0.15) is 20.3 Å². The van der Waals surface area contributed by atoms with Crippen LogP contribution in [0.4, 0.5) is 0 Å². The molecule has 0 bridgehead atoms. The highest BCUT2D eigenvalue weighted by Crippen LogP contribution is 2.23. The summed E-state index contributed by atoms with van der Waals surface area (Å²) in [6.45, 7) is 9.56. The van der Waals surface area contributed by atoms with Crippen LogP contribution in [0.3, 0.4) is 0 Å². The third-order valence-electron chi connectivity index (χ3n) is 2.73. The molecule has 1 amide bonds. The average molecular weight is 183 g/mol. The van der Waals surface area contributed by atoms with E-state index in [0.717, 1.165) is 6.42 Å². The van der Waals surface area contributed by atoms with Crippen molar-refractivity contribution in [2.45, 2.75) is 25.8 Å². The highest BCUT2D eigenvalue weighted by atomic mass is 16.5. The van der Waals surface area contributed by atoms with Crippen LogP contribution in [-0.4, -0.2) is 36.1 Å². The van der Waals surface area contributed by atoms with E-state index in [1.807, 2.05) is 11.8 Å². The molecule has 1 rings (SSSR count). The predicted octanol–water partition coefficient (Wildman–Crippen LogP) is 1.20. The SMILES string of the molecule is C=CC(=O)N1CCOCC1(C)CC. The summed E-state index contributed by atoms with van der Waals surface area (Å²) in [5, 5.41) is 0. The van der Waals surface area contributed by atoms with E-state index in [-0.39, 0.29) is 11.4 Å². The van der Waals surface area contributed by atoms with Crippen molar-refractivity contribution >= 4 is 5.91 Å². The zero-order chi connectivity index (χ0) is 9.90. The lowest BCUT2D eigenvalue weighted by molar-refractivity contribution is -0.142. The van der Waals surface area contributed by atoms with Gasteiger partial charge in [0.25, 0.3) is 0 Å². The van der Waals surface area contributed by atoms with Crippen LogP contribution in [0, 0.1) is 0 Å². The van der Waals surface area contributed by atoms with E-state index in [0.29, 0.717) is 19.8 Å². The number of rotatable bonds is 2. The van der Waals surface area contributed by atoms with Crippen LogP contribution in [-0.2, 0) is 9.53 Å². The van der Waals surface area contributed by atoms with Gasteiger partial charge in [-0.05, 0) is 19.4 Å². The molecule has 1 aliphatic rings. The molecule has 0 aromatic rings. The summed E-state index contributed by atoms with van der Waals surface area (Å²) in [6.07, 6.45) is 2.28. The lowest BCUT2D eigenvalue weighted by atomic mass is 9.96. The summed E-state index contributed by atoms with van der Waals surface area (Å²) in [7, 11) is 0. The largest absolute Gasteiger partial charge is 0.377 e. The Morgan fingerprint density at radius 1 is 1.77 bits per heavy atom. The van der Waals surface area contributed by atoms with Crippen molar-refractivity contribution in [2.75, 3.05) is 19.8 Å². The molecule has 1 fully saturated rings. The Kier molecular flexibility index (Phi) is 3.09. The number of carbonyl (C=O) groups is 1. The maximum atomic E-state index is 11.5. The zero-order valence-electron chi connectivity index (χ0n) is 8.38. The molecule has 0 aromatic heterocycles. The molecule has 1 saturated heterocycles. The number of carbonyl (C=O) groups excluding carboxylic acids is 1. The van der Waals surface area contributed by atoms with E-state index in [1.165, 1.54) is 6.08 Å². The first-order valence-electron chi connectivity index (χ1n) is 4.66. The minimum Gasteiger partial charge on any atom is -0.377 e. The van der Waals surface area contributed by atoms with Crippen molar-refractivity contribution in [3.05, 3.63) is 12.7 Å². The third kappa shape index (κ3) is 1.91. The molecular weight excluding hydrogens is 166 g/mol. The fourth-order valence-electron chi connectivity index (χ4n) is 1.58. The second-order valence-electron chi connectivity index (χ2n) is 3.60. The normalized spacial score (nSPS) is 28.6. The molecule has 13 heavy (non-hydrogen) atoms. The predicted molar refractivity (Wildman–Crippen MR) is 51.4 cm³/mol. The molecule has 0 aliphatic carbocycles. The summed E-state index contributed by atoms with van der Waals surface area (Å²) in [4.78, 5) is 13.3. The Balaban J connectivity index is 2.78. The van der Waals surface area contributed by atoms with E-state index >= 15 is 0 Å². The van der Waals surface area contributed by atoms with E-state index < -0.39 is 0 Å². The van der Waals surface area contributed by atoms with E-state index in [4.69, 9.17) is 4.74 Å². The summed E-state index contributed by atoms with van der Waals surface area (Å²) in [5.41, 5.74) is -0.149. The minimum atomic E-state index is -0.149. The Hall–Kier alpha value is -0.830. The highest BCUT2D eigenvalue weighted by Gasteiger charge is 2.35. The van der Waals surface area contributed by atoms with Crippen molar-refractivity contribution in [1.29, 1.82) is 0 Å². The molecule has 3 heteroatoms. The first kappa shape index (κ1) is 10.3. The van der Waals surface area contributed by atoms with E-state index in [2.05, 4.69) is 13.5 Å². The average Bonchev–Trinajstić information content (AvgIpc) is 2.17. The van der Waals surface area contributed by atoms with E-state index in [9.17, 15) is 4.79 Å². The molecular formula is C10H17NO2. The summed E-state index contributed by atoms with van der Waals surface area (Å²) >= 11 is 0. The van der Waals surface area contributed by atoms with Gasteiger partial charge >= 0.3 is 0 Å². The van der Waals surface area contributed by atoms with Crippen LogP contribution < -0.4 is 0 Å². The maximum absolute atomic E-state index is 11.5. The van der Waals surface area contributed by atoms with Gasteiger partial charge in [-0.25, -0.2) is 0 Å². The number of nitrogens with zero attached hydrogens (tertiary/aromatic N) is 1. The van der Waals surface area contributed by atoms with Gasteiger partial charge in [0.2, 0.25) is 5.91 Å². The third-order valence-corrected chi connectivity index (χ3v) is 2.73. The van der Waals surface area contributed by atoms with Crippen LogP contribution in [0.2, 0.25) is 0 Å². The molecule has 0 radical (unpaired) electrons. The van der Waals surface area contributed by atoms with E-state index in [1.54, 1.807) is 0 Å².